The van der Waals surface area contributed by atoms with Crippen molar-refractivity contribution in [3.63, 3.8) is 0 Å². The second-order valence-corrected chi connectivity index (χ2v) is 10.5. The standard InChI is InChI=1S/C19H10Br2FNO3S2/c20-8-5-10-12-13(18(24)26-14(10)11(21)6-8)15(7-1-3-9(22)4-2-7)27-17-16(12)28-19(25)23-17/h1-6,12-13,15H,(H,23,25)/t12-,13+,15+/m0/s1. The van der Waals surface area contributed by atoms with Gasteiger partial charge in [-0.3, -0.25) is 9.59 Å². The van der Waals surface area contributed by atoms with Gasteiger partial charge in [-0.1, -0.05) is 51.2 Å². The highest BCUT2D eigenvalue weighted by Crippen LogP contribution is 2.59. The first kappa shape index (κ1) is 18.6. The van der Waals surface area contributed by atoms with Crippen LogP contribution in [0.5, 0.6) is 5.75 Å². The number of ether oxygens (including phenoxy) is 1. The number of hydrogen-bond acceptors (Lipinski definition) is 5. The molecule has 4 nitrogen and oxygen atoms in total. The van der Waals surface area contributed by atoms with Crippen molar-refractivity contribution >= 4 is 60.9 Å². The molecule has 0 radical (unpaired) electrons. The van der Waals surface area contributed by atoms with Gasteiger partial charge in [-0.25, -0.2) is 4.39 Å². The van der Waals surface area contributed by atoms with Gasteiger partial charge in [0, 0.05) is 20.8 Å². The Labute approximate surface area is 183 Å². The number of nitrogens with one attached hydrogen (secondary N) is 1. The first-order valence-corrected chi connectivity index (χ1v) is 11.6. The first-order valence-electron chi connectivity index (χ1n) is 8.28. The van der Waals surface area contributed by atoms with Crippen molar-refractivity contribution in [2.24, 2.45) is 5.92 Å². The summed E-state index contributed by atoms with van der Waals surface area (Å²) >= 11 is 9.51. The van der Waals surface area contributed by atoms with E-state index in [-0.39, 0.29) is 27.8 Å². The van der Waals surface area contributed by atoms with Crippen LogP contribution in [0.4, 0.5) is 4.39 Å². The van der Waals surface area contributed by atoms with Crippen molar-refractivity contribution in [3.05, 3.63) is 76.8 Å². The van der Waals surface area contributed by atoms with E-state index in [9.17, 15) is 14.0 Å². The van der Waals surface area contributed by atoms with E-state index in [2.05, 4.69) is 36.8 Å². The van der Waals surface area contributed by atoms with Crippen LogP contribution < -0.4 is 9.61 Å². The fourth-order valence-electron chi connectivity index (χ4n) is 3.77. The van der Waals surface area contributed by atoms with Crippen LogP contribution in [0, 0.1) is 11.7 Å². The Morgan fingerprint density at radius 3 is 2.61 bits per heavy atom. The summed E-state index contributed by atoms with van der Waals surface area (Å²) in [5, 5.41) is 0.448. The molecule has 1 aromatic heterocycles. The minimum atomic E-state index is -0.525. The van der Waals surface area contributed by atoms with Gasteiger partial charge in [0.2, 0.25) is 0 Å². The smallest absolute Gasteiger partial charge is 0.316 e. The Hall–Kier alpha value is -1.42. The molecule has 9 heteroatoms. The summed E-state index contributed by atoms with van der Waals surface area (Å²) in [6.45, 7) is 0. The molecule has 2 aromatic carbocycles. The number of fused-ring (bicyclic) bond motifs is 5. The molecule has 5 rings (SSSR count). The van der Waals surface area contributed by atoms with Gasteiger partial charge in [0.05, 0.1) is 20.7 Å². The van der Waals surface area contributed by atoms with E-state index >= 15 is 0 Å². The van der Waals surface area contributed by atoms with E-state index in [1.165, 1.54) is 23.9 Å². The molecule has 28 heavy (non-hydrogen) atoms. The highest BCUT2D eigenvalue weighted by atomic mass is 79.9. The third kappa shape index (κ3) is 2.91. The summed E-state index contributed by atoms with van der Waals surface area (Å²) in [5.41, 5.74) is 1.66. The lowest BCUT2D eigenvalue weighted by molar-refractivity contribution is -0.141. The third-order valence-corrected chi connectivity index (χ3v) is 8.42. The quantitative estimate of drug-likeness (QED) is 0.320. The van der Waals surface area contributed by atoms with Gasteiger partial charge in [0.1, 0.15) is 11.6 Å². The van der Waals surface area contributed by atoms with Crippen LogP contribution in [-0.2, 0) is 4.79 Å². The minimum Gasteiger partial charge on any atom is -0.425 e. The molecule has 2 aliphatic heterocycles. The summed E-state index contributed by atoms with van der Waals surface area (Å²) in [4.78, 5) is 28.7. The molecular formula is C19H10Br2FNO3S2. The molecule has 0 fully saturated rings. The SMILES string of the molecule is O=C1Oc2c(Br)cc(Br)cc2[C@@H]2c3sc(=O)[nH]c3S[C@H](c3ccc(F)cc3)[C@H]12. The van der Waals surface area contributed by atoms with Crippen LogP contribution in [0.25, 0.3) is 0 Å². The molecule has 2 aliphatic rings. The zero-order chi connectivity index (χ0) is 19.6. The fourth-order valence-corrected chi connectivity index (χ4v) is 7.69. The second kappa shape index (κ2) is 6.83. The average molecular weight is 543 g/mol. The van der Waals surface area contributed by atoms with E-state index in [1.54, 1.807) is 12.1 Å². The number of carbonyl (C=O) groups is 1. The number of H-pyrrole nitrogens is 1. The summed E-state index contributed by atoms with van der Waals surface area (Å²) in [6, 6.07) is 9.87. The van der Waals surface area contributed by atoms with E-state index in [0.29, 0.717) is 10.2 Å². The Morgan fingerprint density at radius 1 is 1.11 bits per heavy atom. The molecule has 3 atom stereocenters. The maximum atomic E-state index is 13.4. The van der Waals surface area contributed by atoms with Gasteiger partial charge in [-0.15, -0.1) is 0 Å². The second-order valence-electron chi connectivity index (χ2n) is 6.53. The molecule has 0 aliphatic carbocycles. The van der Waals surface area contributed by atoms with Crippen LogP contribution in [0.1, 0.15) is 27.2 Å². The molecule has 3 aromatic rings. The van der Waals surface area contributed by atoms with Crippen LogP contribution in [-0.4, -0.2) is 11.0 Å². The number of esters is 1. The van der Waals surface area contributed by atoms with Crippen molar-refractivity contribution in [2.75, 3.05) is 0 Å². The molecule has 0 spiro atoms. The number of halogens is 3. The Bertz CT molecular complexity index is 1170. The predicted molar refractivity (Wildman–Crippen MR) is 113 cm³/mol. The van der Waals surface area contributed by atoms with Gasteiger partial charge in [0.25, 0.3) is 0 Å². The van der Waals surface area contributed by atoms with Gasteiger partial charge in [-0.05, 0) is 45.8 Å². The van der Waals surface area contributed by atoms with Gasteiger partial charge in [-0.2, -0.15) is 0 Å². The number of thiazole rings is 1. The lowest BCUT2D eigenvalue weighted by Gasteiger charge is -2.39. The number of rotatable bonds is 1. The molecule has 0 bridgehead atoms. The van der Waals surface area contributed by atoms with E-state index in [1.807, 2.05) is 12.1 Å². The maximum Gasteiger partial charge on any atom is 0.316 e. The number of hydrogen-bond donors (Lipinski definition) is 1. The van der Waals surface area contributed by atoms with Crippen molar-refractivity contribution in [2.45, 2.75) is 16.2 Å². The molecule has 0 unspecified atom stereocenters. The fraction of sp³-hybridized carbons (Fsp3) is 0.158. The summed E-state index contributed by atoms with van der Waals surface area (Å²) in [5.74, 6) is -1.06. The zero-order valence-corrected chi connectivity index (χ0v) is 18.7. The summed E-state index contributed by atoms with van der Waals surface area (Å²) < 4.78 is 20.7. The topological polar surface area (TPSA) is 59.2 Å². The molecule has 142 valence electrons. The third-order valence-electron chi connectivity index (χ3n) is 4.90. The highest BCUT2D eigenvalue weighted by molar-refractivity contribution is 9.11. The van der Waals surface area contributed by atoms with Crippen molar-refractivity contribution in [1.82, 2.24) is 4.98 Å². The summed E-state index contributed by atoms with van der Waals surface area (Å²) in [7, 11) is 0. The summed E-state index contributed by atoms with van der Waals surface area (Å²) in [6.07, 6.45) is 0. The highest BCUT2D eigenvalue weighted by Gasteiger charge is 2.50. The molecule has 0 saturated heterocycles. The maximum absolute atomic E-state index is 13.4. The van der Waals surface area contributed by atoms with Crippen LogP contribution in [0.15, 0.2) is 55.2 Å². The Morgan fingerprint density at radius 2 is 1.86 bits per heavy atom. The van der Waals surface area contributed by atoms with Crippen LogP contribution >= 0.6 is 55.0 Å². The average Bonchev–Trinajstić information content (AvgIpc) is 3.02. The zero-order valence-electron chi connectivity index (χ0n) is 13.9. The van der Waals surface area contributed by atoms with E-state index < -0.39 is 5.92 Å². The van der Waals surface area contributed by atoms with Gasteiger partial charge in [0.15, 0.2) is 0 Å². The van der Waals surface area contributed by atoms with Crippen LogP contribution in [0.3, 0.4) is 0 Å². The monoisotopic (exact) mass is 541 g/mol. The number of thioether (sulfide) groups is 1. The number of carbonyl (C=O) groups excluding carboxylic acids is 1. The first-order chi connectivity index (χ1) is 13.4. The van der Waals surface area contributed by atoms with Crippen molar-refractivity contribution in [3.8, 4) is 5.75 Å². The van der Waals surface area contributed by atoms with Gasteiger partial charge >= 0.3 is 10.8 Å². The Kier molecular flexibility index (Phi) is 4.53. The Balaban J connectivity index is 1.75. The van der Waals surface area contributed by atoms with E-state index in [4.69, 9.17) is 4.74 Å². The minimum absolute atomic E-state index is 0.162. The van der Waals surface area contributed by atoms with E-state index in [0.717, 1.165) is 36.8 Å². The normalized spacial score (nSPS) is 22.8. The number of aromatic amines is 1. The molecule has 0 saturated carbocycles. The van der Waals surface area contributed by atoms with Crippen LogP contribution in [0.2, 0.25) is 0 Å². The molecule has 1 N–H and O–H groups in total. The molecule has 3 heterocycles. The molecule has 0 amide bonds. The van der Waals surface area contributed by atoms with Gasteiger partial charge < -0.3 is 9.72 Å². The van der Waals surface area contributed by atoms with Crippen molar-refractivity contribution < 1.29 is 13.9 Å². The lowest BCUT2D eigenvalue weighted by atomic mass is 9.78. The largest absolute Gasteiger partial charge is 0.425 e. The number of benzene rings is 2. The van der Waals surface area contributed by atoms with Crippen molar-refractivity contribution in [1.29, 1.82) is 0 Å². The molecular weight excluding hydrogens is 533 g/mol. The lowest BCUT2D eigenvalue weighted by Crippen LogP contribution is -2.37. The predicted octanol–water partition coefficient (Wildman–Crippen LogP) is 5.61. The number of aromatic nitrogens is 1.